The lowest BCUT2D eigenvalue weighted by Gasteiger charge is -2.09. The minimum atomic E-state index is 0.554. The highest BCUT2D eigenvalue weighted by Gasteiger charge is 2.05. The van der Waals surface area contributed by atoms with E-state index in [4.69, 9.17) is 16.3 Å². The van der Waals surface area contributed by atoms with Gasteiger partial charge in [-0.3, -0.25) is 0 Å². The molecule has 0 aliphatic carbocycles. The third kappa shape index (κ3) is 3.46. The summed E-state index contributed by atoms with van der Waals surface area (Å²) in [6, 6.07) is 7.84. The highest BCUT2D eigenvalue weighted by atomic mass is 35.5. The average molecular weight is 277 g/mol. The summed E-state index contributed by atoms with van der Waals surface area (Å²) >= 11 is 6.07. The zero-order valence-corrected chi connectivity index (χ0v) is 12.1. The van der Waals surface area contributed by atoms with Crippen LogP contribution in [0.4, 0.5) is 0 Å². The molecule has 1 heterocycles. The number of rotatable bonds is 4. The second-order valence-corrected chi connectivity index (χ2v) is 4.90. The predicted octanol–water partition coefficient (Wildman–Crippen LogP) is 3.86. The van der Waals surface area contributed by atoms with Crippen LogP contribution in [0, 0.1) is 13.8 Å². The molecule has 0 aliphatic heterocycles. The summed E-state index contributed by atoms with van der Waals surface area (Å²) in [5, 5.41) is 3.71. The van der Waals surface area contributed by atoms with Crippen LogP contribution in [0.1, 0.15) is 16.7 Å². The summed E-state index contributed by atoms with van der Waals surface area (Å²) in [5.41, 5.74) is 3.41. The van der Waals surface area contributed by atoms with Crippen molar-refractivity contribution in [3.05, 3.63) is 52.2 Å². The van der Waals surface area contributed by atoms with E-state index in [2.05, 4.69) is 24.1 Å². The molecule has 3 nitrogen and oxygen atoms in total. The Hall–Kier alpha value is -1.58. The van der Waals surface area contributed by atoms with Crippen LogP contribution in [-0.2, 0) is 6.54 Å². The van der Waals surface area contributed by atoms with Gasteiger partial charge in [-0.25, -0.2) is 4.98 Å². The molecule has 2 rings (SSSR count). The average Bonchev–Trinajstić information content (AvgIpc) is 2.38. The molecule has 1 aromatic heterocycles. The fourth-order valence-corrected chi connectivity index (χ4v) is 1.91. The van der Waals surface area contributed by atoms with E-state index in [1.54, 1.807) is 6.20 Å². The number of ether oxygens (including phenoxy) is 1. The van der Waals surface area contributed by atoms with Gasteiger partial charge >= 0.3 is 0 Å². The number of benzene rings is 1. The van der Waals surface area contributed by atoms with Gasteiger partial charge in [-0.1, -0.05) is 17.7 Å². The van der Waals surface area contributed by atoms with Crippen molar-refractivity contribution in [3.63, 3.8) is 0 Å². The van der Waals surface area contributed by atoms with Gasteiger partial charge < -0.3 is 10.1 Å². The van der Waals surface area contributed by atoms with Gasteiger partial charge in [-0.2, -0.15) is 0 Å². The van der Waals surface area contributed by atoms with Crippen molar-refractivity contribution < 1.29 is 4.74 Å². The zero-order valence-electron chi connectivity index (χ0n) is 11.3. The summed E-state index contributed by atoms with van der Waals surface area (Å²) < 4.78 is 5.76. The Labute approximate surface area is 118 Å². The van der Waals surface area contributed by atoms with Crippen LogP contribution >= 0.6 is 11.6 Å². The Morgan fingerprint density at radius 2 is 2.00 bits per heavy atom. The van der Waals surface area contributed by atoms with Crippen molar-refractivity contribution in [2.24, 2.45) is 0 Å². The summed E-state index contributed by atoms with van der Waals surface area (Å²) in [7, 11) is 1.88. The molecule has 0 saturated heterocycles. The minimum absolute atomic E-state index is 0.554. The summed E-state index contributed by atoms with van der Waals surface area (Å²) in [4.78, 5) is 4.19. The minimum Gasteiger partial charge on any atom is -0.439 e. The third-order valence-corrected chi connectivity index (χ3v) is 3.32. The third-order valence-electron chi connectivity index (χ3n) is 2.98. The highest BCUT2D eigenvalue weighted by molar-refractivity contribution is 6.31. The van der Waals surface area contributed by atoms with Gasteiger partial charge in [0.2, 0.25) is 5.88 Å². The topological polar surface area (TPSA) is 34.1 Å². The molecule has 0 saturated carbocycles. The van der Waals surface area contributed by atoms with Gasteiger partial charge in [-0.15, -0.1) is 0 Å². The van der Waals surface area contributed by atoms with E-state index in [1.165, 1.54) is 11.1 Å². The molecule has 4 heteroatoms. The fourth-order valence-electron chi connectivity index (χ4n) is 1.74. The molecule has 0 aliphatic rings. The quantitative estimate of drug-likeness (QED) is 0.921. The second kappa shape index (κ2) is 6.04. The molecular formula is C15H17ClN2O. The molecule has 0 unspecified atom stereocenters. The van der Waals surface area contributed by atoms with Gasteiger partial charge in [0.1, 0.15) is 5.75 Å². The lowest BCUT2D eigenvalue weighted by atomic mass is 10.1. The monoisotopic (exact) mass is 276 g/mol. The zero-order chi connectivity index (χ0) is 13.8. The van der Waals surface area contributed by atoms with Crippen molar-refractivity contribution in [2.45, 2.75) is 20.4 Å². The Morgan fingerprint density at radius 3 is 2.68 bits per heavy atom. The predicted molar refractivity (Wildman–Crippen MR) is 78.0 cm³/mol. The molecule has 0 fully saturated rings. The number of halogens is 1. The van der Waals surface area contributed by atoms with Crippen LogP contribution in [-0.4, -0.2) is 12.0 Å². The lowest BCUT2D eigenvalue weighted by molar-refractivity contribution is 0.461. The molecule has 0 spiro atoms. The van der Waals surface area contributed by atoms with E-state index in [9.17, 15) is 0 Å². The van der Waals surface area contributed by atoms with Crippen LogP contribution in [0.3, 0.4) is 0 Å². The van der Waals surface area contributed by atoms with Crippen molar-refractivity contribution in [1.29, 1.82) is 0 Å². The van der Waals surface area contributed by atoms with Gasteiger partial charge in [-0.05, 0) is 49.7 Å². The number of nitrogens with one attached hydrogen (secondary N) is 1. The van der Waals surface area contributed by atoms with Gasteiger partial charge in [0.15, 0.2) is 0 Å². The second-order valence-electron chi connectivity index (χ2n) is 4.49. The molecule has 1 aromatic carbocycles. The molecule has 19 heavy (non-hydrogen) atoms. The number of nitrogens with zero attached hydrogens (tertiary/aromatic N) is 1. The molecule has 0 amide bonds. The lowest BCUT2D eigenvalue weighted by Crippen LogP contribution is -2.06. The van der Waals surface area contributed by atoms with Gasteiger partial charge in [0.05, 0.1) is 5.02 Å². The molecule has 1 N–H and O–H groups in total. The van der Waals surface area contributed by atoms with E-state index in [1.807, 2.05) is 31.3 Å². The van der Waals surface area contributed by atoms with Crippen LogP contribution in [0.2, 0.25) is 5.02 Å². The van der Waals surface area contributed by atoms with Crippen molar-refractivity contribution >= 4 is 11.6 Å². The fraction of sp³-hybridized carbons (Fsp3) is 0.267. The molecule has 0 atom stereocenters. The Kier molecular flexibility index (Phi) is 4.40. The Balaban J connectivity index is 2.22. The SMILES string of the molecule is CNCc1cc(Oc2ccc(C)c(C)c2)ncc1Cl. The number of aromatic nitrogens is 1. The first-order chi connectivity index (χ1) is 9.10. The van der Waals surface area contributed by atoms with Gasteiger partial charge in [0.25, 0.3) is 0 Å². The van der Waals surface area contributed by atoms with E-state index in [0.29, 0.717) is 17.4 Å². The number of hydrogen-bond acceptors (Lipinski definition) is 3. The highest BCUT2D eigenvalue weighted by Crippen LogP contribution is 2.25. The maximum absolute atomic E-state index is 6.07. The van der Waals surface area contributed by atoms with E-state index >= 15 is 0 Å². The summed E-state index contributed by atoms with van der Waals surface area (Å²) in [6.45, 7) is 4.82. The first-order valence-electron chi connectivity index (χ1n) is 6.14. The molecule has 0 bridgehead atoms. The molecule has 0 radical (unpaired) electrons. The van der Waals surface area contributed by atoms with Crippen LogP contribution < -0.4 is 10.1 Å². The standard InChI is InChI=1S/C15H17ClN2O/c1-10-4-5-13(6-11(10)2)19-15-7-12(8-17-3)14(16)9-18-15/h4-7,9,17H,8H2,1-3H3. The molecule has 100 valence electrons. The smallest absolute Gasteiger partial charge is 0.219 e. The molecule has 2 aromatic rings. The van der Waals surface area contributed by atoms with Crippen molar-refractivity contribution in [1.82, 2.24) is 10.3 Å². The summed E-state index contributed by atoms with van der Waals surface area (Å²) in [6.07, 6.45) is 1.62. The first-order valence-corrected chi connectivity index (χ1v) is 6.52. The molecular weight excluding hydrogens is 260 g/mol. The van der Waals surface area contributed by atoms with Crippen LogP contribution in [0.5, 0.6) is 11.6 Å². The van der Waals surface area contributed by atoms with Crippen LogP contribution in [0.25, 0.3) is 0 Å². The number of aryl methyl sites for hydroxylation is 2. The van der Waals surface area contributed by atoms with Crippen molar-refractivity contribution in [2.75, 3.05) is 7.05 Å². The summed E-state index contributed by atoms with van der Waals surface area (Å²) in [5.74, 6) is 1.34. The van der Waals surface area contributed by atoms with Crippen molar-refractivity contribution in [3.8, 4) is 11.6 Å². The van der Waals surface area contributed by atoms with Gasteiger partial charge in [0, 0.05) is 18.8 Å². The van der Waals surface area contributed by atoms with Crippen LogP contribution in [0.15, 0.2) is 30.5 Å². The maximum Gasteiger partial charge on any atom is 0.219 e. The van der Waals surface area contributed by atoms with E-state index < -0.39 is 0 Å². The Morgan fingerprint density at radius 1 is 1.21 bits per heavy atom. The largest absolute Gasteiger partial charge is 0.439 e. The number of hydrogen-bond donors (Lipinski definition) is 1. The Bertz CT molecular complexity index is 584. The van der Waals surface area contributed by atoms with E-state index in [-0.39, 0.29) is 0 Å². The number of pyridine rings is 1. The maximum atomic E-state index is 6.07. The first kappa shape index (κ1) is 13.8. The van der Waals surface area contributed by atoms with E-state index in [0.717, 1.165) is 11.3 Å². The normalized spacial score (nSPS) is 10.5.